The topological polar surface area (TPSA) is 22.1 Å². The quantitative estimate of drug-likeness (QED) is 0.240. The first-order chi connectivity index (χ1) is 19.7. The van der Waals surface area contributed by atoms with Crippen LogP contribution >= 0.6 is 0 Å². The molecule has 0 bridgehead atoms. The molecule has 3 heterocycles. The first kappa shape index (κ1) is 30.9. The summed E-state index contributed by atoms with van der Waals surface area (Å²) in [4.78, 5) is 12.4. The molecule has 0 saturated heterocycles. The van der Waals surface area contributed by atoms with Crippen LogP contribution < -0.4 is 0 Å². The first-order valence-corrected chi connectivity index (χ1v) is 16.3. The van der Waals surface area contributed by atoms with Crippen LogP contribution in [0.4, 0.5) is 0 Å². The van der Waals surface area contributed by atoms with Gasteiger partial charge in [-0.2, -0.15) is 0 Å². The molecule has 0 radical (unpaired) electrons. The van der Waals surface area contributed by atoms with Crippen molar-refractivity contribution in [3.05, 3.63) is 94.6 Å². The molecule has 0 aromatic carbocycles. The molecular formula is C37H54N4. The van der Waals surface area contributed by atoms with Gasteiger partial charge in [0.25, 0.3) is 0 Å². The number of allylic oxidation sites excluding steroid dienone is 6. The van der Waals surface area contributed by atoms with Crippen LogP contribution in [0.1, 0.15) is 100 Å². The van der Waals surface area contributed by atoms with Crippen LogP contribution in [0.5, 0.6) is 0 Å². The van der Waals surface area contributed by atoms with E-state index < -0.39 is 0 Å². The molecule has 0 spiro atoms. The zero-order chi connectivity index (χ0) is 29.7. The molecule has 1 fully saturated rings. The van der Waals surface area contributed by atoms with Gasteiger partial charge in [-0.15, -0.1) is 0 Å². The highest BCUT2D eigenvalue weighted by atomic mass is 15.2. The Bertz CT molecular complexity index is 1240. The normalized spacial score (nSPS) is 21.3. The first-order valence-electron chi connectivity index (χ1n) is 16.3. The Labute approximate surface area is 251 Å². The Kier molecular flexibility index (Phi) is 10.4. The molecule has 4 heteroatoms. The van der Waals surface area contributed by atoms with Crippen molar-refractivity contribution >= 4 is 5.84 Å². The Morgan fingerprint density at radius 2 is 1.78 bits per heavy atom. The molecular weight excluding hydrogens is 500 g/mol. The third kappa shape index (κ3) is 6.90. The number of hydrogen-bond donors (Lipinski definition) is 0. The summed E-state index contributed by atoms with van der Waals surface area (Å²) in [5.41, 5.74) is 10.1. The molecule has 222 valence electrons. The van der Waals surface area contributed by atoms with E-state index in [1.165, 1.54) is 48.2 Å². The van der Waals surface area contributed by atoms with Gasteiger partial charge < -0.3 is 9.80 Å². The minimum Gasteiger partial charge on any atom is -0.370 e. The van der Waals surface area contributed by atoms with Gasteiger partial charge in [0.1, 0.15) is 5.84 Å². The van der Waals surface area contributed by atoms with Gasteiger partial charge >= 0.3 is 0 Å². The van der Waals surface area contributed by atoms with Crippen molar-refractivity contribution in [3.8, 4) is 0 Å². The second-order valence-corrected chi connectivity index (χ2v) is 12.6. The summed E-state index contributed by atoms with van der Waals surface area (Å²) in [6.07, 6.45) is 24.1. The Morgan fingerprint density at radius 1 is 1.02 bits per heavy atom. The summed E-state index contributed by atoms with van der Waals surface area (Å²) in [5, 5.41) is 0. The summed E-state index contributed by atoms with van der Waals surface area (Å²) in [6.45, 7) is 25.0. The minimum atomic E-state index is 0.544. The van der Waals surface area contributed by atoms with Crippen molar-refractivity contribution in [1.29, 1.82) is 0 Å². The number of amidine groups is 1. The van der Waals surface area contributed by atoms with Gasteiger partial charge in [-0.05, 0) is 98.7 Å². The van der Waals surface area contributed by atoms with Crippen LogP contribution in [0, 0.1) is 17.8 Å². The standard InChI is InChI=1S/C37H54N4/c1-10-19-39(22-28(7)26(5)11-2)34-17-18-37-38-35(21-36(41(37)25-34)32-15-14-16-32)33-20-31(13-4)30(9)40(24-33)23-29(8)27(6)12-3/h17-18,20-21,23-28H,9-16,19,22H2,1-8H3/b29-23-. The molecule has 0 aromatic heterocycles. The fraction of sp³-hybridized carbons (Fsp3) is 0.541. The number of fused-ring (bicyclic) bond motifs is 1. The third-order valence-corrected chi connectivity index (χ3v) is 9.68. The second-order valence-electron chi connectivity index (χ2n) is 12.6. The molecule has 41 heavy (non-hydrogen) atoms. The molecule has 0 aromatic rings. The highest BCUT2D eigenvalue weighted by molar-refractivity contribution is 5.99. The lowest BCUT2D eigenvalue weighted by atomic mass is 9.88. The number of nitrogens with zero attached hydrogens (tertiary/aromatic N) is 4. The summed E-state index contributed by atoms with van der Waals surface area (Å²) >= 11 is 0. The number of rotatable bonds is 12. The maximum Gasteiger partial charge on any atom is 0.137 e. The lowest BCUT2D eigenvalue weighted by Gasteiger charge is -2.37. The van der Waals surface area contributed by atoms with E-state index in [1.54, 1.807) is 5.57 Å². The molecule has 1 saturated carbocycles. The predicted molar refractivity (Wildman–Crippen MR) is 177 cm³/mol. The van der Waals surface area contributed by atoms with E-state index in [-0.39, 0.29) is 0 Å². The molecule has 3 aliphatic heterocycles. The zero-order valence-electron chi connectivity index (χ0n) is 27.1. The van der Waals surface area contributed by atoms with Crippen molar-refractivity contribution in [2.24, 2.45) is 22.7 Å². The van der Waals surface area contributed by atoms with Gasteiger partial charge in [0.15, 0.2) is 0 Å². The van der Waals surface area contributed by atoms with E-state index in [9.17, 15) is 0 Å². The van der Waals surface area contributed by atoms with Gasteiger partial charge in [0.2, 0.25) is 0 Å². The Hall–Kier alpha value is -3.01. The number of hydrogen-bond acceptors (Lipinski definition) is 4. The minimum absolute atomic E-state index is 0.544. The lowest BCUT2D eigenvalue weighted by Crippen LogP contribution is -2.36. The summed E-state index contributed by atoms with van der Waals surface area (Å²) in [5.74, 6) is 2.93. The van der Waals surface area contributed by atoms with E-state index in [0.717, 1.165) is 61.1 Å². The molecule has 4 rings (SSSR count). The highest BCUT2D eigenvalue weighted by Gasteiger charge is 2.29. The number of aliphatic imine (C=N–C) groups is 1. The Morgan fingerprint density at radius 3 is 2.39 bits per heavy atom. The van der Waals surface area contributed by atoms with Gasteiger partial charge in [-0.25, -0.2) is 4.99 Å². The summed E-state index contributed by atoms with van der Waals surface area (Å²) in [7, 11) is 0. The van der Waals surface area contributed by atoms with Crippen LogP contribution in [-0.4, -0.2) is 33.6 Å². The van der Waals surface area contributed by atoms with E-state index in [4.69, 9.17) is 4.99 Å². The van der Waals surface area contributed by atoms with Crippen molar-refractivity contribution < 1.29 is 0 Å². The zero-order valence-corrected chi connectivity index (χ0v) is 27.1. The van der Waals surface area contributed by atoms with Crippen LogP contribution in [0.3, 0.4) is 0 Å². The SMILES string of the molecule is C=C1C(CC)=CC(C2=CC(=C3CCC3)N3C=C(N(CCC)CC(C)C(C)CC)C=CC3=N2)=CN1/C=C(/C)C(C)CC. The highest BCUT2D eigenvalue weighted by Crippen LogP contribution is 2.38. The maximum atomic E-state index is 5.25. The van der Waals surface area contributed by atoms with Crippen molar-refractivity contribution in [2.75, 3.05) is 13.1 Å². The molecule has 0 N–H and O–H groups in total. The summed E-state index contributed by atoms with van der Waals surface area (Å²) in [6, 6.07) is 0. The van der Waals surface area contributed by atoms with Crippen molar-refractivity contribution in [3.63, 3.8) is 0 Å². The van der Waals surface area contributed by atoms with Gasteiger partial charge in [0, 0.05) is 48.7 Å². The predicted octanol–water partition coefficient (Wildman–Crippen LogP) is 9.83. The average Bonchev–Trinajstić information content (AvgIpc) is 2.95. The monoisotopic (exact) mass is 554 g/mol. The average molecular weight is 555 g/mol. The molecule has 4 nitrogen and oxygen atoms in total. The van der Waals surface area contributed by atoms with Crippen LogP contribution in [0.15, 0.2) is 99.6 Å². The van der Waals surface area contributed by atoms with Crippen molar-refractivity contribution in [2.45, 2.75) is 100 Å². The van der Waals surface area contributed by atoms with E-state index in [0.29, 0.717) is 11.8 Å². The van der Waals surface area contributed by atoms with Gasteiger partial charge in [-0.3, -0.25) is 4.90 Å². The Balaban J connectivity index is 1.70. The molecule has 3 unspecified atom stereocenters. The van der Waals surface area contributed by atoms with Crippen LogP contribution in [0.25, 0.3) is 0 Å². The van der Waals surface area contributed by atoms with Gasteiger partial charge in [-0.1, -0.05) is 67.0 Å². The van der Waals surface area contributed by atoms with Crippen molar-refractivity contribution in [1.82, 2.24) is 14.7 Å². The lowest BCUT2D eigenvalue weighted by molar-refractivity contribution is 0.247. The van der Waals surface area contributed by atoms with Crippen LogP contribution in [0.2, 0.25) is 0 Å². The largest absolute Gasteiger partial charge is 0.370 e. The smallest absolute Gasteiger partial charge is 0.137 e. The fourth-order valence-electron chi connectivity index (χ4n) is 5.80. The molecule has 3 atom stereocenters. The molecule has 0 amide bonds. The van der Waals surface area contributed by atoms with Crippen LogP contribution in [-0.2, 0) is 0 Å². The molecule has 4 aliphatic rings. The van der Waals surface area contributed by atoms with E-state index in [2.05, 4.69) is 120 Å². The van der Waals surface area contributed by atoms with E-state index >= 15 is 0 Å². The molecule has 1 aliphatic carbocycles. The van der Waals surface area contributed by atoms with Gasteiger partial charge in [0.05, 0.1) is 11.4 Å². The fourth-order valence-corrected chi connectivity index (χ4v) is 5.80. The maximum absolute atomic E-state index is 5.25. The van der Waals surface area contributed by atoms with E-state index in [1.807, 2.05) is 0 Å². The second kappa shape index (κ2) is 13.8. The summed E-state index contributed by atoms with van der Waals surface area (Å²) < 4.78 is 0. The third-order valence-electron chi connectivity index (χ3n) is 9.68.